The number of hydrogen-bond donors (Lipinski definition) is 2. The van der Waals surface area contributed by atoms with Crippen LogP contribution in [0.3, 0.4) is 0 Å². The number of rotatable bonds is 2. The van der Waals surface area contributed by atoms with Crippen LogP contribution < -0.4 is 16.2 Å². The molecule has 1 heterocycles. The third-order valence-electron chi connectivity index (χ3n) is 1.39. The number of carbonyl (C=O) groups excluding carboxylic acids is 1. The average molecular weight is 217 g/mol. The predicted octanol–water partition coefficient (Wildman–Crippen LogP) is -0.0366. The highest BCUT2D eigenvalue weighted by Gasteiger charge is 2.06. The molecule has 0 aliphatic rings. The van der Waals surface area contributed by atoms with Gasteiger partial charge in [-0.3, -0.25) is 5.41 Å². The smallest absolute Gasteiger partial charge is 0.332 e. The predicted molar refractivity (Wildman–Crippen MR) is 49.4 cm³/mol. The molecule has 14 heavy (non-hydrogen) atoms. The molecular formula is C7H9ClN4O2. The Balaban J connectivity index is 3.09. The summed E-state index contributed by atoms with van der Waals surface area (Å²) in [6.07, 6.45) is 0.189. The highest BCUT2D eigenvalue weighted by atomic mass is 35.5. The van der Waals surface area contributed by atoms with Crippen molar-refractivity contribution in [2.45, 2.75) is 13.3 Å². The first-order valence-electron chi connectivity index (χ1n) is 3.85. The fraction of sp³-hybridized carbons (Fsp3) is 0.286. The Bertz CT molecular complexity index is 415. The summed E-state index contributed by atoms with van der Waals surface area (Å²) in [7, 11) is 0. The number of aromatic nitrogens is 2. The summed E-state index contributed by atoms with van der Waals surface area (Å²) in [4.78, 5) is 19.2. The summed E-state index contributed by atoms with van der Waals surface area (Å²) >= 11 is 5.53. The molecule has 0 unspecified atom stereocenters. The van der Waals surface area contributed by atoms with Gasteiger partial charge < -0.3 is 10.6 Å². The summed E-state index contributed by atoms with van der Waals surface area (Å²) < 4.78 is 0.817. The van der Waals surface area contributed by atoms with Gasteiger partial charge in [0, 0.05) is 12.5 Å². The molecule has 0 spiro atoms. The average Bonchev–Trinajstić information content (AvgIpc) is 2.10. The van der Waals surface area contributed by atoms with Crippen LogP contribution in [0.2, 0.25) is 5.15 Å². The Morgan fingerprint density at radius 3 is 3.00 bits per heavy atom. The lowest BCUT2D eigenvalue weighted by Crippen LogP contribution is -2.34. The van der Waals surface area contributed by atoms with Crippen LogP contribution in [0.5, 0.6) is 0 Å². The van der Waals surface area contributed by atoms with Crippen molar-refractivity contribution >= 4 is 23.4 Å². The molecular weight excluding hydrogens is 208 g/mol. The zero-order valence-corrected chi connectivity index (χ0v) is 8.21. The number of halogens is 1. The Kier molecular flexibility index (Phi) is 3.08. The van der Waals surface area contributed by atoms with Crippen molar-refractivity contribution in [3.05, 3.63) is 16.8 Å². The summed E-state index contributed by atoms with van der Waals surface area (Å²) in [6, 6.07) is 1.29. The number of carbonyl (C=O) groups is 1. The number of nitrogen functional groups attached to an aromatic ring is 1. The van der Waals surface area contributed by atoms with E-state index in [-0.39, 0.29) is 23.0 Å². The molecule has 0 amide bonds. The molecule has 1 aromatic heterocycles. The van der Waals surface area contributed by atoms with Gasteiger partial charge in [0.2, 0.25) is 0 Å². The second-order valence-electron chi connectivity index (χ2n) is 2.44. The first-order chi connectivity index (χ1) is 6.54. The molecule has 1 aromatic rings. The number of nitrogens with two attached hydrogens (primary N) is 1. The number of hydrogen-bond acceptors (Lipinski definition) is 5. The van der Waals surface area contributed by atoms with Gasteiger partial charge in [-0.1, -0.05) is 18.5 Å². The molecule has 0 bridgehead atoms. The molecule has 0 saturated carbocycles. The van der Waals surface area contributed by atoms with Crippen LogP contribution in [-0.4, -0.2) is 15.7 Å². The molecule has 6 nitrogen and oxygen atoms in total. The van der Waals surface area contributed by atoms with Crippen molar-refractivity contribution in [1.29, 1.82) is 5.41 Å². The quantitative estimate of drug-likeness (QED) is 0.679. The van der Waals surface area contributed by atoms with Gasteiger partial charge in [-0.25, -0.2) is 4.79 Å². The van der Waals surface area contributed by atoms with E-state index in [2.05, 4.69) is 4.98 Å². The highest BCUT2D eigenvalue weighted by Crippen LogP contribution is 2.04. The molecule has 0 fully saturated rings. The largest absolute Gasteiger partial charge is 0.382 e. The van der Waals surface area contributed by atoms with Crippen LogP contribution in [0.4, 0.5) is 5.82 Å². The summed E-state index contributed by atoms with van der Waals surface area (Å²) in [5.41, 5.74) is 5.14. The maximum Gasteiger partial charge on any atom is 0.332 e. The zero-order chi connectivity index (χ0) is 10.7. The third kappa shape index (κ3) is 2.23. The van der Waals surface area contributed by atoms with Crippen LogP contribution in [0.1, 0.15) is 13.3 Å². The number of nitrogens with zero attached hydrogens (tertiary/aromatic N) is 2. The number of nitrogens with one attached hydrogen (secondary N) is 1. The Labute approximate surface area is 84.7 Å². The molecule has 3 N–H and O–H groups in total. The molecule has 0 atom stereocenters. The molecule has 1 rings (SSSR count). The molecule has 76 valence electrons. The summed E-state index contributed by atoms with van der Waals surface area (Å²) in [5.74, 6) is -0.448. The minimum absolute atomic E-state index is 0.0526. The lowest BCUT2D eigenvalue weighted by molar-refractivity contribution is -0.144. The third-order valence-corrected chi connectivity index (χ3v) is 1.58. The standard InChI is InChI=1S/C7H9ClN4O2/c1-2-6(13)14-12-5(9)3-4(8)11-7(12)10/h3,10H,2,9H2,1H3. The van der Waals surface area contributed by atoms with Crippen molar-refractivity contribution in [2.24, 2.45) is 0 Å². The Morgan fingerprint density at radius 1 is 1.86 bits per heavy atom. The lowest BCUT2D eigenvalue weighted by atomic mass is 10.5. The van der Waals surface area contributed by atoms with E-state index in [0.29, 0.717) is 0 Å². The maximum atomic E-state index is 10.9. The van der Waals surface area contributed by atoms with Crippen LogP contribution in [0.15, 0.2) is 6.07 Å². The van der Waals surface area contributed by atoms with E-state index in [1.165, 1.54) is 6.07 Å². The van der Waals surface area contributed by atoms with Crippen LogP contribution in [0.25, 0.3) is 0 Å². The second-order valence-corrected chi connectivity index (χ2v) is 2.83. The first-order valence-corrected chi connectivity index (χ1v) is 4.23. The normalized spacial score (nSPS) is 9.86. The van der Waals surface area contributed by atoms with Gasteiger partial charge in [0.25, 0.3) is 5.62 Å². The summed E-state index contributed by atoms with van der Waals surface area (Å²) in [5, 5.41) is 7.41. The molecule has 0 aliphatic carbocycles. The van der Waals surface area contributed by atoms with E-state index < -0.39 is 5.97 Å². The van der Waals surface area contributed by atoms with Crippen LogP contribution in [0, 0.1) is 5.41 Å². The SMILES string of the molecule is CCC(=O)On1c(N)cc(Cl)nc1=N. The molecule has 0 saturated heterocycles. The minimum Gasteiger partial charge on any atom is -0.382 e. The maximum absolute atomic E-state index is 10.9. The van der Waals surface area contributed by atoms with Gasteiger partial charge in [-0.2, -0.15) is 4.98 Å². The van der Waals surface area contributed by atoms with Gasteiger partial charge in [0.05, 0.1) is 0 Å². The van der Waals surface area contributed by atoms with Crippen molar-refractivity contribution in [1.82, 2.24) is 9.71 Å². The van der Waals surface area contributed by atoms with Gasteiger partial charge in [-0.15, -0.1) is 4.73 Å². The molecule has 0 radical (unpaired) electrons. The lowest BCUT2D eigenvalue weighted by Gasteiger charge is -2.08. The van der Waals surface area contributed by atoms with Crippen molar-refractivity contribution in [2.75, 3.05) is 5.73 Å². The molecule has 7 heteroatoms. The number of anilines is 1. The monoisotopic (exact) mass is 216 g/mol. The van der Waals surface area contributed by atoms with Crippen LogP contribution >= 0.6 is 11.6 Å². The van der Waals surface area contributed by atoms with Crippen LogP contribution in [-0.2, 0) is 4.79 Å². The van der Waals surface area contributed by atoms with Gasteiger partial charge in [-0.05, 0) is 0 Å². The fourth-order valence-corrected chi connectivity index (χ4v) is 0.936. The van der Waals surface area contributed by atoms with E-state index in [1.54, 1.807) is 6.92 Å². The van der Waals surface area contributed by atoms with Crippen molar-refractivity contribution < 1.29 is 9.63 Å². The zero-order valence-electron chi connectivity index (χ0n) is 7.45. The first kappa shape index (κ1) is 10.5. The van der Waals surface area contributed by atoms with E-state index in [0.717, 1.165) is 4.73 Å². The van der Waals surface area contributed by atoms with Crippen molar-refractivity contribution in [3.8, 4) is 0 Å². The minimum atomic E-state index is -0.501. The van der Waals surface area contributed by atoms with E-state index >= 15 is 0 Å². The fourth-order valence-electron chi connectivity index (χ4n) is 0.744. The highest BCUT2D eigenvalue weighted by molar-refractivity contribution is 6.29. The van der Waals surface area contributed by atoms with Gasteiger partial charge >= 0.3 is 5.97 Å². The van der Waals surface area contributed by atoms with Crippen molar-refractivity contribution in [3.63, 3.8) is 0 Å². The van der Waals surface area contributed by atoms with Gasteiger partial charge in [0.15, 0.2) is 0 Å². The second kappa shape index (κ2) is 4.10. The van der Waals surface area contributed by atoms with Gasteiger partial charge in [0.1, 0.15) is 11.0 Å². The molecule has 0 aliphatic heterocycles. The Morgan fingerprint density at radius 2 is 2.50 bits per heavy atom. The molecule has 0 aromatic carbocycles. The Hall–Kier alpha value is -1.56. The summed E-state index contributed by atoms with van der Waals surface area (Å²) in [6.45, 7) is 1.63. The van der Waals surface area contributed by atoms with E-state index in [4.69, 9.17) is 27.6 Å². The van der Waals surface area contributed by atoms with E-state index in [1.807, 2.05) is 0 Å². The topological polar surface area (TPSA) is 94.0 Å². The van der Waals surface area contributed by atoms with E-state index in [9.17, 15) is 4.79 Å².